The summed E-state index contributed by atoms with van der Waals surface area (Å²) in [5, 5.41) is 7.51. The molecule has 0 saturated heterocycles. The first-order valence-electron chi connectivity index (χ1n) is 10.1. The van der Waals surface area contributed by atoms with Gasteiger partial charge in [-0.05, 0) is 51.1 Å². The predicted octanol–water partition coefficient (Wildman–Crippen LogP) is 4.82. The Morgan fingerprint density at radius 3 is 2.56 bits per heavy atom. The van der Waals surface area contributed by atoms with E-state index in [1.807, 2.05) is 43.3 Å². The number of anilines is 1. The summed E-state index contributed by atoms with van der Waals surface area (Å²) in [6, 6.07) is 16.5. The minimum atomic E-state index is -1.01. The molecule has 0 spiro atoms. The van der Waals surface area contributed by atoms with Gasteiger partial charge < -0.3 is 14.8 Å². The average Bonchev–Trinajstić information content (AvgIpc) is 3.07. The molecule has 1 aromatic heterocycles. The van der Waals surface area contributed by atoms with Crippen LogP contribution in [0.25, 0.3) is 11.8 Å². The van der Waals surface area contributed by atoms with Crippen molar-refractivity contribution in [1.29, 1.82) is 0 Å². The number of aromatic nitrogens is 2. The van der Waals surface area contributed by atoms with Crippen LogP contribution in [0.15, 0.2) is 60.7 Å². The van der Waals surface area contributed by atoms with E-state index in [1.54, 1.807) is 29.8 Å². The molecule has 3 aromatic rings. The van der Waals surface area contributed by atoms with Crippen molar-refractivity contribution in [3.63, 3.8) is 0 Å². The van der Waals surface area contributed by atoms with Gasteiger partial charge in [0.05, 0.1) is 23.7 Å². The zero-order chi connectivity index (χ0) is 23.1. The highest BCUT2D eigenvalue weighted by molar-refractivity contribution is 6.31. The van der Waals surface area contributed by atoms with Crippen molar-refractivity contribution in [2.24, 2.45) is 0 Å². The number of hydrogen-bond donors (Lipinski definition) is 1. The van der Waals surface area contributed by atoms with Crippen molar-refractivity contribution in [3.8, 4) is 11.4 Å². The van der Waals surface area contributed by atoms with E-state index in [1.165, 1.54) is 19.1 Å². The van der Waals surface area contributed by atoms with Gasteiger partial charge in [0, 0.05) is 11.6 Å². The van der Waals surface area contributed by atoms with Gasteiger partial charge in [0.1, 0.15) is 10.9 Å². The van der Waals surface area contributed by atoms with Crippen LogP contribution in [0.4, 0.5) is 5.69 Å². The number of para-hydroxylation sites is 3. The molecule has 2 aromatic carbocycles. The van der Waals surface area contributed by atoms with Crippen LogP contribution in [0.2, 0.25) is 5.15 Å². The van der Waals surface area contributed by atoms with Crippen molar-refractivity contribution >= 4 is 35.2 Å². The smallest absolute Gasteiger partial charge is 0.331 e. The minimum absolute atomic E-state index is 0.371. The van der Waals surface area contributed by atoms with E-state index in [-0.39, 0.29) is 0 Å². The molecular formula is C24H24ClN3O4. The second-order valence-corrected chi connectivity index (χ2v) is 7.23. The largest absolute Gasteiger partial charge is 0.492 e. The summed E-state index contributed by atoms with van der Waals surface area (Å²) in [6.07, 6.45) is 1.75. The van der Waals surface area contributed by atoms with Crippen LogP contribution in [0.1, 0.15) is 25.1 Å². The Morgan fingerprint density at radius 1 is 1.16 bits per heavy atom. The molecule has 0 aliphatic heterocycles. The summed E-state index contributed by atoms with van der Waals surface area (Å²) < 4.78 is 12.3. The van der Waals surface area contributed by atoms with E-state index in [2.05, 4.69) is 10.4 Å². The third-order valence-electron chi connectivity index (χ3n) is 4.54. The molecule has 1 N–H and O–H groups in total. The maximum atomic E-state index is 12.4. The number of halogens is 1. The standard InChI is InChI=1S/C24H24ClN3O4/c1-4-31-21-13-9-8-12-20(21)26-24(30)17(3)32-22(29)15-14-19-16(2)27-28(23(19)25)18-10-6-5-7-11-18/h5-15,17H,4H2,1-3H3,(H,26,30)/b15-14+. The molecule has 32 heavy (non-hydrogen) atoms. The summed E-state index contributed by atoms with van der Waals surface area (Å²) in [6.45, 7) is 5.61. The molecule has 8 heteroatoms. The third kappa shape index (κ3) is 5.56. The number of hydrogen-bond acceptors (Lipinski definition) is 5. The number of ether oxygens (including phenoxy) is 2. The van der Waals surface area contributed by atoms with Crippen molar-refractivity contribution in [3.05, 3.63) is 77.1 Å². The number of nitrogens with zero attached hydrogens (tertiary/aromatic N) is 2. The molecule has 1 unspecified atom stereocenters. The normalized spacial score (nSPS) is 11.9. The SMILES string of the molecule is CCOc1ccccc1NC(=O)C(C)OC(=O)/C=C/c1c(C)nn(-c2ccccc2)c1Cl. The predicted molar refractivity (Wildman–Crippen MR) is 124 cm³/mol. The quantitative estimate of drug-likeness (QED) is 0.390. The Labute approximate surface area is 191 Å². The van der Waals surface area contributed by atoms with E-state index < -0.39 is 18.0 Å². The summed E-state index contributed by atoms with van der Waals surface area (Å²) in [7, 11) is 0. The monoisotopic (exact) mass is 453 g/mol. The van der Waals surface area contributed by atoms with Crippen molar-refractivity contribution in [2.45, 2.75) is 26.9 Å². The highest BCUT2D eigenvalue weighted by atomic mass is 35.5. The Kier molecular flexibility index (Phi) is 7.68. The van der Waals surface area contributed by atoms with Crippen LogP contribution in [0.5, 0.6) is 5.75 Å². The van der Waals surface area contributed by atoms with Crippen molar-refractivity contribution in [1.82, 2.24) is 9.78 Å². The van der Waals surface area contributed by atoms with Crippen LogP contribution in [-0.2, 0) is 14.3 Å². The molecule has 3 rings (SSSR count). The molecule has 166 valence electrons. The molecule has 0 fully saturated rings. The second kappa shape index (κ2) is 10.6. The lowest BCUT2D eigenvalue weighted by Crippen LogP contribution is -2.29. The van der Waals surface area contributed by atoms with E-state index >= 15 is 0 Å². The zero-order valence-corrected chi connectivity index (χ0v) is 18.8. The van der Waals surface area contributed by atoms with Crippen LogP contribution >= 0.6 is 11.6 Å². The Balaban J connectivity index is 1.64. The Morgan fingerprint density at radius 2 is 1.84 bits per heavy atom. The molecule has 0 aliphatic carbocycles. The molecular weight excluding hydrogens is 430 g/mol. The molecule has 1 atom stereocenters. The zero-order valence-electron chi connectivity index (χ0n) is 18.0. The number of benzene rings is 2. The van der Waals surface area contributed by atoms with Gasteiger partial charge in [0.25, 0.3) is 5.91 Å². The Bertz CT molecular complexity index is 1130. The van der Waals surface area contributed by atoms with Gasteiger partial charge in [-0.3, -0.25) is 4.79 Å². The molecule has 7 nitrogen and oxygen atoms in total. The lowest BCUT2D eigenvalue weighted by atomic mass is 10.2. The van der Waals surface area contributed by atoms with E-state index in [0.717, 1.165) is 5.69 Å². The maximum Gasteiger partial charge on any atom is 0.331 e. The number of carbonyl (C=O) groups excluding carboxylic acids is 2. The number of rotatable bonds is 8. The summed E-state index contributed by atoms with van der Waals surface area (Å²) >= 11 is 6.46. The summed E-state index contributed by atoms with van der Waals surface area (Å²) in [5.41, 5.74) is 2.56. The first-order valence-corrected chi connectivity index (χ1v) is 10.5. The van der Waals surface area contributed by atoms with Crippen molar-refractivity contribution in [2.75, 3.05) is 11.9 Å². The molecule has 0 aliphatic rings. The van der Waals surface area contributed by atoms with Gasteiger partial charge in [-0.15, -0.1) is 0 Å². The topological polar surface area (TPSA) is 82.4 Å². The first kappa shape index (κ1) is 23.1. The maximum absolute atomic E-state index is 12.4. The molecule has 1 heterocycles. The minimum Gasteiger partial charge on any atom is -0.492 e. The molecule has 0 saturated carbocycles. The van der Waals surface area contributed by atoms with E-state index in [4.69, 9.17) is 21.1 Å². The van der Waals surface area contributed by atoms with Crippen LogP contribution in [0.3, 0.4) is 0 Å². The number of carbonyl (C=O) groups is 2. The summed E-state index contributed by atoms with van der Waals surface area (Å²) in [4.78, 5) is 24.7. The van der Waals surface area contributed by atoms with Crippen LogP contribution in [-0.4, -0.2) is 34.4 Å². The fourth-order valence-electron chi connectivity index (χ4n) is 2.94. The van der Waals surface area contributed by atoms with Gasteiger partial charge in [-0.2, -0.15) is 5.10 Å². The lowest BCUT2D eigenvalue weighted by molar-refractivity contribution is -0.148. The van der Waals surface area contributed by atoms with Gasteiger partial charge in [0.15, 0.2) is 6.10 Å². The summed E-state index contributed by atoms with van der Waals surface area (Å²) in [5.74, 6) is -0.596. The van der Waals surface area contributed by atoms with Gasteiger partial charge >= 0.3 is 5.97 Å². The van der Waals surface area contributed by atoms with E-state index in [0.29, 0.717) is 34.5 Å². The van der Waals surface area contributed by atoms with Crippen LogP contribution < -0.4 is 10.1 Å². The molecule has 1 amide bonds. The number of nitrogens with one attached hydrogen (secondary N) is 1. The van der Waals surface area contributed by atoms with Crippen molar-refractivity contribution < 1.29 is 19.1 Å². The number of esters is 1. The highest BCUT2D eigenvalue weighted by Gasteiger charge is 2.19. The van der Waals surface area contributed by atoms with Gasteiger partial charge in [0.2, 0.25) is 0 Å². The second-order valence-electron chi connectivity index (χ2n) is 6.87. The van der Waals surface area contributed by atoms with E-state index in [9.17, 15) is 9.59 Å². The Hall–Kier alpha value is -3.58. The number of aryl methyl sites for hydroxylation is 1. The average molecular weight is 454 g/mol. The third-order valence-corrected chi connectivity index (χ3v) is 4.91. The number of amides is 1. The highest BCUT2D eigenvalue weighted by Crippen LogP contribution is 2.25. The van der Waals surface area contributed by atoms with Crippen LogP contribution in [0, 0.1) is 6.92 Å². The van der Waals surface area contributed by atoms with Gasteiger partial charge in [-0.25, -0.2) is 9.48 Å². The first-order chi connectivity index (χ1) is 15.4. The fraction of sp³-hybridized carbons (Fsp3) is 0.208. The van der Waals surface area contributed by atoms with Gasteiger partial charge in [-0.1, -0.05) is 41.9 Å². The fourth-order valence-corrected chi connectivity index (χ4v) is 3.28. The lowest BCUT2D eigenvalue weighted by Gasteiger charge is -2.15. The molecule has 0 bridgehead atoms. The molecule has 0 radical (unpaired) electrons.